The van der Waals surface area contributed by atoms with Crippen molar-refractivity contribution in [2.75, 3.05) is 5.73 Å². The van der Waals surface area contributed by atoms with Crippen molar-refractivity contribution >= 4 is 22.9 Å². The Morgan fingerprint density at radius 2 is 1.82 bits per heavy atom. The highest BCUT2D eigenvalue weighted by molar-refractivity contribution is 6.26. The Balaban J connectivity index is 2.33. The summed E-state index contributed by atoms with van der Waals surface area (Å²) in [6.07, 6.45) is 5.53. The van der Waals surface area contributed by atoms with Gasteiger partial charge in [0.15, 0.2) is 0 Å². The minimum atomic E-state index is -0.439. The smallest absolute Gasteiger partial charge is 0.0875 e. The normalized spacial score (nSPS) is 24.1. The quantitative estimate of drug-likeness (QED) is 0.623. The van der Waals surface area contributed by atoms with Gasteiger partial charge in [-0.25, -0.2) is 0 Å². The van der Waals surface area contributed by atoms with Crippen LogP contribution in [-0.2, 0) is 0 Å². The molecule has 0 aromatic heterocycles. The van der Waals surface area contributed by atoms with E-state index in [1.54, 1.807) is 0 Å². The van der Waals surface area contributed by atoms with Crippen molar-refractivity contribution in [3.63, 3.8) is 0 Å². The molecule has 2 nitrogen and oxygen atoms in total. The maximum atomic E-state index is 6.53. The number of hydrogen-bond acceptors (Lipinski definition) is 2. The van der Waals surface area contributed by atoms with E-state index >= 15 is 0 Å². The number of alkyl halides is 1. The van der Waals surface area contributed by atoms with E-state index in [0.29, 0.717) is 0 Å². The third kappa shape index (κ3) is 2.32. The van der Waals surface area contributed by atoms with E-state index in [9.17, 15) is 0 Å². The van der Waals surface area contributed by atoms with E-state index in [2.05, 4.69) is 6.92 Å². The van der Waals surface area contributed by atoms with Gasteiger partial charge in [0.25, 0.3) is 0 Å². The summed E-state index contributed by atoms with van der Waals surface area (Å²) in [5.74, 6) is 0. The molecule has 1 aliphatic carbocycles. The molecule has 3 heteroatoms. The highest BCUT2D eigenvalue weighted by atomic mass is 35.5. The van der Waals surface area contributed by atoms with E-state index in [0.717, 1.165) is 29.8 Å². The average molecular weight is 249 g/mol. The van der Waals surface area contributed by atoms with E-state index < -0.39 is 4.87 Å². The van der Waals surface area contributed by atoms with Crippen molar-refractivity contribution in [1.29, 1.82) is 0 Å². The molecule has 0 spiro atoms. The van der Waals surface area contributed by atoms with Gasteiger partial charge in [0, 0.05) is 11.4 Å². The second-order valence-electron chi connectivity index (χ2n) is 4.43. The van der Waals surface area contributed by atoms with Gasteiger partial charge in [-0.1, -0.05) is 25.1 Å². The molecule has 4 N–H and O–H groups in total. The van der Waals surface area contributed by atoms with E-state index in [1.807, 2.05) is 36.4 Å². The van der Waals surface area contributed by atoms with Crippen LogP contribution in [0.25, 0.3) is 5.57 Å². The largest absolute Gasteiger partial charge is 0.401 e. The number of nitrogens with two attached hydrogens (primary N) is 2. The third-order valence-electron chi connectivity index (χ3n) is 3.29. The molecule has 0 bridgehead atoms. The predicted molar refractivity (Wildman–Crippen MR) is 74.6 cm³/mol. The summed E-state index contributed by atoms with van der Waals surface area (Å²) in [6, 6.07) is 7.84. The molecule has 1 aliphatic rings. The molecule has 1 atom stereocenters. The molecule has 0 saturated carbocycles. The highest BCUT2D eigenvalue weighted by Gasteiger charge is 2.31. The zero-order valence-electron chi connectivity index (χ0n) is 9.91. The molecule has 17 heavy (non-hydrogen) atoms. The molecule has 1 unspecified atom stereocenters. The minimum absolute atomic E-state index is 0.439. The van der Waals surface area contributed by atoms with Crippen molar-refractivity contribution in [2.45, 2.75) is 24.6 Å². The van der Waals surface area contributed by atoms with Crippen LogP contribution in [0, 0.1) is 0 Å². The van der Waals surface area contributed by atoms with Crippen LogP contribution in [0.3, 0.4) is 0 Å². The first kappa shape index (κ1) is 12.1. The average Bonchev–Trinajstić information content (AvgIpc) is 2.34. The maximum absolute atomic E-state index is 6.53. The van der Waals surface area contributed by atoms with Gasteiger partial charge in [-0.3, -0.25) is 0 Å². The van der Waals surface area contributed by atoms with Crippen LogP contribution in [0.2, 0.25) is 0 Å². The van der Waals surface area contributed by atoms with E-state index in [1.165, 1.54) is 5.57 Å². The van der Waals surface area contributed by atoms with Gasteiger partial charge in [0.05, 0.1) is 4.87 Å². The number of rotatable bonds is 2. The van der Waals surface area contributed by atoms with Gasteiger partial charge in [-0.05, 0) is 42.2 Å². The fraction of sp³-hybridized carbons (Fsp3) is 0.286. The number of nitrogen functional groups attached to an aromatic ring is 1. The number of benzene rings is 1. The molecule has 1 aromatic carbocycles. The van der Waals surface area contributed by atoms with Gasteiger partial charge in [0.1, 0.15) is 0 Å². The molecule has 1 aromatic rings. The Hall–Kier alpha value is -1.41. The summed E-state index contributed by atoms with van der Waals surface area (Å²) in [4.78, 5) is -0.439. The number of halogens is 1. The lowest BCUT2D eigenvalue weighted by Gasteiger charge is -2.30. The Morgan fingerprint density at radius 1 is 1.18 bits per heavy atom. The minimum Gasteiger partial charge on any atom is -0.401 e. The van der Waals surface area contributed by atoms with Crippen molar-refractivity contribution in [3.05, 3.63) is 47.7 Å². The lowest BCUT2D eigenvalue weighted by atomic mass is 9.85. The molecule has 0 aliphatic heterocycles. The molecule has 0 heterocycles. The summed E-state index contributed by atoms with van der Waals surface area (Å²) in [5, 5.41) is 0. The summed E-state index contributed by atoms with van der Waals surface area (Å²) < 4.78 is 0. The van der Waals surface area contributed by atoms with Crippen LogP contribution >= 0.6 is 11.6 Å². The van der Waals surface area contributed by atoms with Crippen LogP contribution in [0.1, 0.15) is 25.3 Å². The molecule has 2 rings (SSSR count). The molecule has 0 saturated heterocycles. The van der Waals surface area contributed by atoms with Gasteiger partial charge in [0.2, 0.25) is 0 Å². The van der Waals surface area contributed by atoms with Crippen LogP contribution in [-0.4, -0.2) is 4.87 Å². The second kappa shape index (κ2) is 4.46. The highest BCUT2D eigenvalue weighted by Crippen LogP contribution is 2.39. The van der Waals surface area contributed by atoms with Crippen molar-refractivity contribution < 1.29 is 0 Å². The zero-order valence-corrected chi connectivity index (χ0v) is 10.7. The van der Waals surface area contributed by atoms with Crippen molar-refractivity contribution in [1.82, 2.24) is 0 Å². The Bertz CT molecular complexity index is 474. The van der Waals surface area contributed by atoms with Crippen molar-refractivity contribution in [3.8, 4) is 0 Å². The van der Waals surface area contributed by atoms with E-state index in [4.69, 9.17) is 23.1 Å². The topological polar surface area (TPSA) is 52.0 Å². The predicted octanol–water partition coefficient (Wildman–Crippen LogP) is 3.29. The first-order valence-corrected chi connectivity index (χ1v) is 6.14. The monoisotopic (exact) mass is 248 g/mol. The van der Waals surface area contributed by atoms with Crippen LogP contribution in [0.5, 0.6) is 0 Å². The first-order chi connectivity index (χ1) is 8.05. The summed E-state index contributed by atoms with van der Waals surface area (Å²) in [7, 11) is 0. The van der Waals surface area contributed by atoms with Crippen LogP contribution < -0.4 is 11.5 Å². The fourth-order valence-electron chi connectivity index (χ4n) is 2.03. The SMILES string of the molecule is CCC1(Cl)CC(c2ccc(N)cc2)=CC=C1N. The standard InChI is InChI=1S/C14H17ClN2/c1-2-14(15)9-11(5-8-13(14)17)10-3-6-12(16)7-4-10/h3-8H,2,9,16-17H2,1H3. The molecular weight excluding hydrogens is 232 g/mol. The molecule has 90 valence electrons. The summed E-state index contributed by atoms with van der Waals surface area (Å²) >= 11 is 6.53. The van der Waals surface area contributed by atoms with Gasteiger partial charge in [-0.15, -0.1) is 11.6 Å². The van der Waals surface area contributed by atoms with Crippen LogP contribution in [0.4, 0.5) is 5.69 Å². The van der Waals surface area contributed by atoms with Gasteiger partial charge >= 0.3 is 0 Å². The summed E-state index contributed by atoms with van der Waals surface area (Å²) in [6.45, 7) is 2.06. The molecule has 0 amide bonds. The van der Waals surface area contributed by atoms with Gasteiger partial charge in [-0.2, -0.15) is 0 Å². The Kier molecular flexibility index (Phi) is 3.16. The fourth-order valence-corrected chi connectivity index (χ4v) is 2.23. The number of hydrogen-bond donors (Lipinski definition) is 2. The van der Waals surface area contributed by atoms with E-state index in [-0.39, 0.29) is 0 Å². The first-order valence-electron chi connectivity index (χ1n) is 5.77. The molecular formula is C14H17ClN2. The number of anilines is 1. The zero-order chi connectivity index (χ0) is 12.5. The molecule has 0 radical (unpaired) electrons. The number of allylic oxidation sites excluding steroid dienone is 4. The molecule has 0 fully saturated rings. The van der Waals surface area contributed by atoms with Crippen molar-refractivity contribution in [2.24, 2.45) is 5.73 Å². The lowest BCUT2D eigenvalue weighted by Crippen LogP contribution is -2.30. The van der Waals surface area contributed by atoms with Crippen LogP contribution in [0.15, 0.2) is 42.1 Å². The lowest BCUT2D eigenvalue weighted by molar-refractivity contribution is 0.638. The maximum Gasteiger partial charge on any atom is 0.0875 e. The third-order valence-corrected chi connectivity index (χ3v) is 3.91. The Morgan fingerprint density at radius 3 is 2.41 bits per heavy atom. The van der Waals surface area contributed by atoms with Gasteiger partial charge < -0.3 is 11.5 Å². The Labute approximate surface area is 107 Å². The second-order valence-corrected chi connectivity index (χ2v) is 5.16. The summed E-state index contributed by atoms with van der Waals surface area (Å²) in [5.41, 5.74) is 15.5.